The van der Waals surface area contributed by atoms with Gasteiger partial charge in [-0.3, -0.25) is 28.7 Å². The first-order valence-electron chi connectivity index (χ1n) is 16.4. The predicted molar refractivity (Wildman–Crippen MR) is 196 cm³/mol. The third-order valence-electron chi connectivity index (χ3n) is 7.92. The lowest BCUT2D eigenvalue weighted by Gasteiger charge is -2.12. The maximum Gasteiger partial charge on any atom is 0.332 e. The zero-order chi connectivity index (χ0) is 37.0. The molecule has 52 heavy (non-hydrogen) atoms. The van der Waals surface area contributed by atoms with Crippen molar-refractivity contribution in [2.45, 2.75) is 27.1 Å². The van der Waals surface area contributed by atoms with Crippen LogP contribution < -0.4 is 22.5 Å². The van der Waals surface area contributed by atoms with E-state index in [0.717, 1.165) is 22.3 Å². The summed E-state index contributed by atoms with van der Waals surface area (Å²) < 4.78 is 24.9. The summed E-state index contributed by atoms with van der Waals surface area (Å²) in [7, 11) is 3.22. The predicted octanol–water partition coefficient (Wildman–Crippen LogP) is 3.11. The molecule has 0 atom stereocenters. The maximum absolute atomic E-state index is 12.4. The molecule has 2 aromatic heterocycles. The lowest BCUT2D eigenvalue weighted by molar-refractivity contribution is 0.0604. The number of rotatable bonds is 12. The molecule has 0 radical (unpaired) electrons. The molecule has 5 rings (SSSR count). The molecular formula is C40H38N4O8. The van der Waals surface area contributed by atoms with Gasteiger partial charge in [0.05, 0.1) is 51.0 Å². The van der Waals surface area contributed by atoms with Crippen molar-refractivity contribution < 1.29 is 18.9 Å². The van der Waals surface area contributed by atoms with Crippen LogP contribution in [0.15, 0.2) is 92.2 Å². The summed E-state index contributed by atoms with van der Waals surface area (Å²) in [5.74, 6) is 13.0. The quantitative estimate of drug-likeness (QED) is 0.149. The van der Waals surface area contributed by atoms with Gasteiger partial charge >= 0.3 is 11.4 Å². The van der Waals surface area contributed by atoms with E-state index < -0.39 is 22.5 Å². The summed E-state index contributed by atoms with van der Waals surface area (Å²) in [6, 6.07) is 18.2. The van der Waals surface area contributed by atoms with Crippen LogP contribution in [-0.4, -0.2) is 59.7 Å². The van der Waals surface area contributed by atoms with Gasteiger partial charge in [-0.25, -0.2) is 9.59 Å². The van der Waals surface area contributed by atoms with Crippen LogP contribution in [0.25, 0.3) is 11.4 Å². The maximum atomic E-state index is 12.4. The minimum atomic E-state index is -0.522. The fraction of sp³-hybridized carbons (Fsp3) is 0.250. The van der Waals surface area contributed by atoms with Crippen molar-refractivity contribution in [3.63, 3.8) is 0 Å². The minimum Gasteiger partial charge on any atom is -0.382 e. The van der Waals surface area contributed by atoms with E-state index in [2.05, 4.69) is 33.6 Å². The molecule has 0 saturated heterocycles. The second-order valence-corrected chi connectivity index (χ2v) is 11.7. The Morgan fingerprint density at radius 2 is 0.942 bits per heavy atom. The molecule has 0 amide bonds. The second-order valence-electron chi connectivity index (χ2n) is 11.7. The average molecular weight is 703 g/mol. The molecule has 0 fully saturated rings. The number of benzene rings is 3. The Bertz CT molecular complexity index is 2230. The summed E-state index contributed by atoms with van der Waals surface area (Å²) in [5, 5.41) is 0. The van der Waals surface area contributed by atoms with Crippen molar-refractivity contribution in [2.75, 3.05) is 40.6 Å². The first kappa shape index (κ1) is 37.2. The Labute approximate surface area is 299 Å². The van der Waals surface area contributed by atoms with E-state index in [-0.39, 0.29) is 13.2 Å². The fourth-order valence-electron chi connectivity index (χ4n) is 5.02. The molecular weight excluding hydrogens is 664 g/mol. The number of nitrogens with one attached hydrogen (secondary N) is 2. The number of hydrogen-bond acceptors (Lipinski definition) is 8. The van der Waals surface area contributed by atoms with Crippen molar-refractivity contribution in [3.8, 4) is 35.1 Å². The molecule has 0 spiro atoms. The van der Waals surface area contributed by atoms with Crippen molar-refractivity contribution in [1.29, 1.82) is 0 Å². The van der Waals surface area contributed by atoms with E-state index in [4.69, 9.17) is 18.9 Å². The number of nitrogens with zero attached hydrogens (tertiary/aromatic N) is 2. The first-order valence-corrected chi connectivity index (χ1v) is 16.4. The highest BCUT2D eigenvalue weighted by Gasteiger charge is 2.10. The Hall–Kier alpha value is -6.02. The Balaban J connectivity index is 1.48. The van der Waals surface area contributed by atoms with Crippen LogP contribution in [0.4, 0.5) is 0 Å². The lowest BCUT2D eigenvalue weighted by Crippen LogP contribution is -2.29. The van der Waals surface area contributed by atoms with Gasteiger partial charge in [0, 0.05) is 60.0 Å². The number of aromatic nitrogens is 4. The van der Waals surface area contributed by atoms with Crippen molar-refractivity contribution in [2.24, 2.45) is 0 Å². The monoisotopic (exact) mass is 702 g/mol. The molecule has 12 heteroatoms. The second kappa shape index (κ2) is 17.8. The van der Waals surface area contributed by atoms with Gasteiger partial charge in [0.15, 0.2) is 0 Å². The minimum absolute atomic E-state index is 0.266. The van der Waals surface area contributed by atoms with Crippen LogP contribution in [0, 0.1) is 37.5 Å². The van der Waals surface area contributed by atoms with Gasteiger partial charge in [-0.2, -0.15) is 0 Å². The summed E-state index contributed by atoms with van der Waals surface area (Å²) >= 11 is 0. The smallest absolute Gasteiger partial charge is 0.332 e. The van der Waals surface area contributed by atoms with Crippen LogP contribution in [0.1, 0.15) is 44.5 Å². The highest BCUT2D eigenvalue weighted by atomic mass is 16.5. The Kier molecular flexibility index (Phi) is 12.7. The molecule has 5 aromatic rings. The highest BCUT2D eigenvalue weighted by Crippen LogP contribution is 2.20. The molecule has 0 aliphatic carbocycles. The third-order valence-corrected chi connectivity index (χ3v) is 7.92. The largest absolute Gasteiger partial charge is 0.382 e. The molecule has 0 bridgehead atoms. The molecule has 2 heterocycles. The topological polar surface area (TPSA) is 147 Å². The van der Waals surface area contributed by atoms with Crippen LogP contribution in [0.5, 0.6) is 0 Å². The molecule has 0 aliphatic rings. The van der Waals surface area contributed by atoms with Crippen molar-refractivity contribution in [3.05, 3.63) is 159 Å². The van der Waals surface area contributed by atoms with Gasteiger partial charge in [0.2, 0.25) is 0 Å². The van der Waals surface area contributed by atoms with Crippen LogP contribution in [0.3, 0.4) is 0 Å². The number of ether oxygens (including phenoxy) is 4. The fourth-order valence-corrected chi connectivity index (χ4v) is 5.02. The SMILES string of the molecule is COCCOCc1cc(C#Cc2ccc(-n3cc(C)c(=O)[nH]c3=O)cc2)c(COCCOC)cc1C#Cc1ccc(-n2cc(C)c(=O)[nH]c2=O)cc1. The normalized spacial score (nSPS) is 10.7. The van der Waals surface area contributed by atoms with E-state index in [1.807, 2.05) is 12.1 Å². The van der Waals surface area contributed by atoms with Gasteiger partial charge < -0.3 is 18.9 Å². The van der Waals surface area contributed by atoms with Gasteiger partial charge in [-0.15, -0.1) is 0 Å². The first-order chi connectivity index (χ1) is 25.2. The van der Waals surface area contributed by atoms with Crippen molar-refractivity contribution in [1.82, 2.24) is 19.1 Å². The lowest BCUT2D eigenvalue weighted by atomic mass is 9.98. The van der Waals surface area contributed by atoms with Gasteiger partial charge in [0.25, 0.3) is 11.1 Å². The van der Waals surface area contributed by atoms with E-state index in [0.29, 0.717) is 60.1 Å². The third kappa shape index (κ3) is 9.60. The number of H-pyrrole nitrogens is 2. The van der Waals surface area contributed by atoms with Crippen LogP contribution in [-0.2, 0) is 32.2 Å². The average Bonchev–Trinajstić information content (AvgIpc) is 3.14. The van der Waals surface area contributed by atoms with Crippen LogP contribution in [0.2, 0.25) is 0 Å². The Morgan fingerprint density at radius 3 is 1.31 bits per heavy atom. The van der Waals surface area contributed by atoms with Gasteiger partial charge in [0.1, 0.15) is 0 Å². The number of aromatic amines is 2. The number of hydrogen-bond donors (Lipinski definition) is 2. The van der Waals surface area contributed by atoms with Gasteiger partial charge in [-0.05, 0) is 85.6 Å². The molecule has 0 saturated carbocycles. The Morgan fingerprint density at radius 1 is 0.558 bits per heavy atom. The van der Waals surface area contributed by atoms with Gasteiger partial charge in [-0.1, -0.05) is 23.7 Å². The zero-order valence-electron chi connectivity index (χ0n) is 29.3. The molecule has 0 unspecified atom stereocenters. The summed E-state index contributed by atoms with van der Waals surface area (Å²) in [6.45, 7) is 5.46. The number of methoxy groups -OCH3 is 2. The summed E-state index contributed by atoms with van der Waals surface area (Å²) in [4.78, 5) is 53.0. The standard InChI is InChI=1S/C40H38N4O8/c1-27-23-43(39(47)41-37(27)45)35-13-7-29(8-14-35)5-11-31-21-34(26-52-20-18-50-4)32(22-33(31)25-51-19-17-49-3)12-6-30-9-15-36(16-10-30)44-24-28(2)38(46)42-40(44)48/h7-10,13-16,21-24H,17-20,25-26H2,1-4H3,(H,41,45,47)(H,42,46,48). The highest BCUT2D eigenvalue weighted by molar-refractivity contribution is 5.56. The van der Waals surface area contributed by atoms with E-state index in [1.54, 1.807) is 76.6 Å². The molecule has 266 valence electrons. The molecule has 3 aromatic carbocycles. The van der Waals surface area contributed by atoms with E-state index >= 15 is 0 Å². The summed E-state index contributed by atoms with van der Waals surface area (Å²) in [6.07, 6.45) is 3.01. The number of aryl methyl sites for hydroxylation is 2. The zero-order valence-corrected chi connectivity index (χ0v) is 29.3. The molecule has 0 aliphatic heterocycles. The molecule has 12 nitrogen and oxygen atoms in total. The molecule has 2 N–H and O–H groups in total. The van der Waals surface area contributed by atoms with E-state index in [1.165, 1.54) is 21.5 Å². The summed E-state index contributed by atoms with van der Waals surface area (Å²) in [5.41, 5.74) is 4.69. The van der Waals surface area contributed by atoms with E-state index in [9.17, 15) is 19.2 Å². The van der Waals surface area contributed by atoms with Crippen LogP contribution >= 0.6 is 0 Å². The van der Waals surface area contributed by atoms with Crippen molar-refractivity contribution >= 4 is 0 Å².